The number of ether oxygens (including phenoxy) is 1. The Morgan fingerprint density at radius 2 is 2.14 bits per heavy atom. The molecule has 0 radical (unpaired) electrons. The monoisotopic (exact) mass is 323 g/mol. The van der Waals surface area contributed by atoms with Crippen LogP contribution in [-0.2, 0) is 4.74 Å². The van der Waals surface area contributed by atoms with Gasteiger partial charge in [0.15, 0.2) is 5.76 Å². The van der Waals surface area contributed by atoms with Crippen molar-refractivity contribution in [1.29, 1.82) is 0 Å². The standard InChI is InChI=1S/C17H22ClNO3/c1-10(9-17(3,4)21-5)19-16(20)15-11(2)13-8-12(18)6-7-14(13)22-15/h6-8,10H,9H2,1-5H3,(H,19,20)/t10-/m1/s1. The summed E-state index contributed by atoms with van der Waals surface area (Å²) in [5.74, 6) is 0.114. The van der Waals surface area contributed by atoms with Crippen LogP contribution in [-0.4, -0.2) is 24.7 Å². The molecule has 0 fully saturated rings. The molecular weight excluding hydrogens is 302 g/mol. The summed E-state index contributed by atoms with van der Waals surface area (Å²) < 4.78 is 11.1. The Hall–Kier alpha value is -1.52. The molecule has 2 aromatic rings. The molecule has 0 saturated carbocycles. The van der Waals surface area contributed by atoms with Crippen molar-refractivity contribution in [1.82, 2.24) is 5.32 Å². The number of carbonyl (C=O) groups excluding carboxylic acids is 1. The van der Waals surface area contributed by atoms with Crippen molar-refractivity contribution in [2.75, 3.05) is 7.11 Å². The zero-order chi connectivity index (χ0) is 16.5. The van der Waals surface area contributed by atoms with E-state index in [9.17, 15) is 4.79 Å². The van der Waals surface area contributed by atoms with Gasteiger partial charge in [0.25, 0.3) is 5.91 Å². The van der Waals surface area contributed by atoms with Crippen molar-refractivity contribution in [2.24, 2.45) is 0 Å². The Kier molecular flexibility index (Phi) is 4.83. The molecule has 0 unspecified atom stereocenters. The number of hydrogen-bond donors (Lipinski definition) is 1. The van der Waals surface area contributed by atoms with E-state index in [1.165, 1.54) is 0 Å². The Morgan fingerprint density at radius 1 is 1.45 bits per heavy atom. The summed E-state index contributed by atoms with van der Waals surface area (Å²) in [5, 5.41) is 4.44. The van der Waals surface area contributed by atoms with Gasteiger partial charge >= 0.3 is 0 Å². The number of halogens is 1. The van der Waals surface area contributed by atoms with Crippen molar-refractivity contribution in [3.05, 3.63) is 34.5 Å². The fourth-order valence-electron chi connectivity index (χ4n) is 2.57. The maximum atomic E-state index is 12.4. The zero-order valence-corrected chi connectivity index (χ0v) is 14.4. The lowest BCUT2D eigenvalue weighted by atomic mass is 10.00. The second-order valence-corrected chi connectivity index (χ2v) is 6.68. The smallest absolute Gasteiger partial charge is 0.287 e. The van der Waals surface area contributed by atoms with Crippen LogP contribution in [0.3, 0.4) is 0 Å². The summed E-state index contributed by atoms with van der Waals surface area (Å²) in [6, 6.07) is 5.31. The number of nitrogens with one attached hydrogen (secondary N) is 1. The van der Waals surface area contributed by atoms with Crippen molar-refractivity contribution in [3.8, 4) is 0 Å². The predicted molar refractivity (Wildman–Crippen MR) is 88.6 cm³/mol. The van der Waals surface area contributed by atoms with Gasteiger partial charge in [0.1, 0.15) is 5.58 Å². The maximum absolute atomic E-state index is 12.4. The molecule has 5 heteroatoms. The van der Waals surface area contributed by atoms with Gasteiger partial charge < -0.3 is 14.5 Å². The first kappa shape index (κ1) is 16.8. The van der Waals surface area contributed by atoms with E-state index in [-0.39, 0.29) is 17.6 Å². The van der Waals surface area contributed by atoms with Gasteiger partial charge in [-0.3, -0.25) is 4.79 Å². The lowest BCUT2D eigenvalue weighted by molar-refractivity contribution is 0.00875. The number of aryl methyl sites for hydroxylation is 1. The summed E-state index contributed by atoms with van der Waals surface area (Å²) in [6.45, 7) is 7.79. The molecule has 1 heterocycles. The third kappa shape index (κ3) is 3.62. The van der Waals surface area contributed by atoms with E-state index in [1.54, 1.807) is 19.2 Å². The maximum Gasteiger partial charge on any atom is 0.287 e. The molecule has 1 atom stereocenters. The van der Waals surface area contributed by atoms with Gasteiger partial charge in [-0.1, -0.05) is 11.6 Å². The third-order valence-electron chi connectivity index (χ3n) is 3.83. The molecule has 0 saturated heterocycles. The number of rotatable bonds is 5. The number of methoxy groups -OCH3 is 1. The number of carbonyl (C=O) groups is 1. The molecule has 4 nitrogen and oxygen atoms in total. The largest absolute Gasteiger partial charge is 0.451 e. The van der Waals surface area contributed by atoms with Gasteiger partial charge in [0.2, 0.25) is 0 Å². The molecule has 1 aromatic heterocycles. The SMILES string of the molecule is COC(C)(C)C[C@@H](C)NC(=O)c1oc2ccc(Cl)cc2c1C. The molecular formula is C17H22ClNO3. The Labute approximate surface area is 135 Å². The fourth-order valence-corrected chi connectivity index (χ4v) is 2.74. The molecule has 0 aliphatic rings. The molecule has 1 N–H and O–H groups in total. The van der Waals surface area contributed by atoms with Crippen LogP contribution in [0.5, 0.6) is 0 Å². The van der Waals surface area contributed by atoms with Crippen LogP contribution in [0, 0.1) is 6.92 Å². The second-order valence-electron chi connectivity index (χ2n) is 6.24. The van der Waals surface area contributed by atoms with Crippen LogP contribution in [0.4, 0.5) is 0 Å². The van der Waals surface area contributed by atoms with Gasteiger partial charge in [-0.05, 0) is 52.3 Å². The molecule has 2 rings (SSSR count). The molecule has 0 bridgehead atoms. The van der Waals surface area contributed by atoms with Crippen LogP contribution < -0.4 is 5.32 Å². The Morgan fingerprint density at radius 3 is 2.77 bits per heavy atom. The highest BCUT2D eigenvalue weighted by molar-refractivity contribution is 6.31. The van der Waals surface area contributed by atoms with E-state index in [0.29, 0.717) is 22.8 Å². The Balaban J connectivity index is 2.18. The van der Waals surface area contributed by atoms with Crippen LogP contribution in [0.15, 0.2) is 22.6 Å². The van der Waals surface area contributed by atoms with Crippen LogP contribution in [0.2, 0.25) is 5.02 Å². The minimum Gasteiger partial charge on any atom is -0.451 e. The minimum absolute atomic E-state index is 0.0290. The van der Waals surface area contributed by atoms with Crippen LogP contribution >= 0.6 is 11.6 Å². The molecule has 0 aliphatic heterocycles. The average molecular weight is 324 g/mol. The lowest BCUT2D eigenvalue weighted by Crippen LogP contribution is -2.39. The fraction of sp³-hybridized carbons (Fsp3) is 0.471. The first-order valence-corrected chi connectivity index (χ1v) is 7.66. The van der Waals surface area contributed by atoms with Crippen LogP contribution in [0.1, 0.15) is 43.3 Å². The van der Waals surface area contributed by atoms with Gasteiger partial charge in [-0.15, -0.1) is 0 Å². The van der Waals surface area contributed by atoms with Crippen molar-refractivity contribution in [2.45, 2.75) is 45.8 Å². The Bertz CT molecular complexity index is 691. The molecule has 1 aromatic carbocycles. The predicted octanol–water partition coefficient (Wildman–Crippen LogP) is 4.33. The lowest BCUT2D eigenvalue weighted by Gasteiger charge is -2.26. The highest BCUT2D eigenvalue weighted by Crippen LogP contribution is 2.28. The quantitative estimate of drug-likeness (QED) is 0.891. The summed E-state index contributed by atoms with van der Waals surface area (Å²) in [7, 11) is 1.67. The average Bonchev–Trinajstić information content (AvgIpc) is 2.75. The van der Waals surface area contributed by atoms with Gasteiger partial charge in [0.05, 0.1) is 5.60 Å². The number of benzene rings is 1. The minimum atomic E-state index is -0.289. The summed E-state index contributed by atoms with van der Waals surface area (Å²) in [4.78, 5) is 12.4. The molecule has 1 amide bonds. The third-order valence-corrected chi connectivity index (χ3v) is 4.07. The number of amides is 1. The first-order chi connectivity index (χ1) is 10.2. The number of fused-ring (bicyclic) bond motifs is 1. The van der Waals surface area contributed by atoms with E-state index in [1.807, 2.05) is 33.8 Å². The summed E-state index contributed by atoms with van der Waals surface area (Å²) in [5.41, 5.74) is 1.17. The van der Waals surface area contributed by atoms with E-state index in [0.717, 1.165) is 10.9 Å². The van der Waals surface area contributed by atoms with Crippen LogP contribution in [0.25, 0.3) is 11.0 Å². The molecule has 22 heavy (non-hydrogen) atoms. The normalized spacial score (nSPS) is 13.4. The molecule has 120 valence electrons. The number of furan rings is 1. The van der Waals surface area contributed by atoms with E-state index >= 15 is 0 Å². The van der Waals surface area contributed by atoms with Crippen molar-refractivity contribution < 1.29 is 13.9 Å². The topological polar surface area (TPSA) is 51.5 Å². The van der Waals surface area contributed by atoms with E-state index < -0.39 is 0 Å². The van der Waals surface area contributed by atoms with Crippen molar-refractivity contribution in [3.63, 3.8) is 0 Å². The highest BCUT2D eigenvalue weighted by Gasteiger charge is 2.24. The van der Waals surface area contributed by atoms with E-state index in [4.69, 9.17) is 20.8 Å². The second kappa shape index (κ2) is 6.31. The zero-order valence-electron chi connectivity index (χ0n) is 13.6. The summed E-state index contributed by atoms with van der Waals surface area (Å²) in [6.07, 6.45) is 0.709. The first-order valence-electron chi connectivity index (χ1n) is 7.28. The van der Waals surface area contributed by atoms with E-state index in [2.05, 4.69) is 5.32 Å². The highest BCUT2D eigenvalue weighted by atomic mass is 35.5. The summed E-state index contributed by atoms with van der Waals surface area (Å²) >= 11 is 6.00. The van der Waals surface area contributed by atoms with Gasteiger partial charge in [-0.2, -0.15) is 0 Å². The van der Waals surface area contributed by atoms with Gasteiger partial charge in [-0.25, -0.2) is 0 Å². The molecule has 0 spiro atoms. The van der Waals surface area contributed by atoms with Gasteiger partial charge in [0, 0.05) is 29.1 Å². The van der Waals surface area contributed by atoms with Crippen molar-refractivity contribution >= 4 is 28.5 Å². The number of hydrogen-bond acceptors (Lipinski definition) is 3. The molecule has 0 aliphatic carbocycles.